The molecular formula is C11H15N3OS. The predicted octanol–water partition coefficient (Wildman–Crippen LogP) is 1.87. The first-order chi connectivity index (χ1) is 7.70. The fourth-order valence-corrected chi connectivity index (χ4v) is 2.24. The molecule has 2 aromatic rings. The average molecular weight is 237 g/mol. The van der Waals surface area contributed by atoms with Gasteiger partial charge >= 0.3 is 5.69 Å². The summed E-state index contributed by atoms with van der Waals surface area (Å²) in [5.74, 6) is 0. The molecule has 0 unspecified atom stereocenters. The van der Waals surface area contributed by atoms with Crippen molar-refractivity contribution in [1.29, 1.82) is 0 Å². The van der Waals surface area contributed by atoms with Crippen LogP contribution in [0.1, 0.15) is 24.0 Å². The minimum absolute atomic E-state index is 0.0486. The minimum Gasteiger partial charge on any atom is -0.299 e. The van der Waals surface area contributed by atoms with Crippen molar-refractivity contribution in [2.45, 2.75) is 33.4 Å². The smallest absolute Gasteiger partial charge is 0.299 e. The Bertz CT molecular complexity index is 523. The van der Waals surface area contributed by atoms with Gasteiger partial charge in [-0.3, -0.25) is 9.13 Å². The average Bonchev–Trinajstić information content (AvgIpc) is 2.80. The molecule has 0 aromatic carbocycles. The summed E-state index contributed by atoms with van der Waals surface area (Å²) < 4.78 is 3.43. The van der Waals surface area contributed by atoms with E-state index in [2.05, 4.69) is 11.9 Å². The zero-order valence-electron chi connectivity index (χ0n) is 9.51. The van der Waals surface area contributed by atoms with Gasteiger partial charge in [0.1, 0.15) is 0 Å². The highest BCUT2D eigenvalue weighted by Crippen LogP contribution is 2.08. The van der Waals surface area contributed by atoms with Crippen LogP contribution in [0.4, 0.5) is 0 Å². The van der Waals surface area contributed by atoms with Crippen LogP contribution in [0.3, 0.4) is 0 Å². The first-order valence-corrected chi connectivity index (χ1v) is 6.25. The van der Waals surface area contributed by atoms with E-state index in [9.17, 15) is 4.79 Å². The van der Waals surface area contributed by atoms with Gasteiger partial charge in [0.25, 0.3) is 0 Å². The maximum atomic E-state index is 11.9. The monoisotopic (exact) mass is 237 g/mol. The number of imidazole rings is 1. The normalized spacial score (nSPS) is 10.9. The van der Waals surface area contributed by atoms with Crippen molar-refractivity contribution in [3.8, 4) is 0 Å². The number of aryl methyl sites for hydroxylation is 2. The Hall–Kier alpha value is -1.36. The molecule has 2 heterocycles. The van der Waals surface area contributed by atoms with Gasteiger partial charge in [0, 0.05) is 24.3 Å². The maximum Gasteiger partial charge on any atom is 0.328 e. The van der Waals surface area contributed by atoms with Gasteiger partial charge in [-0.15, -0.1) is 11.3 Å². The van der Waals surface area contributed by atoms with E-state index in [1.54, 1.807) is 20.5 Å². The van der Waals surface area contributed by atoms with Crippen molar-refractivity contribution in [3.05, 3.63) is 39.0 Å². The molecule has 86 valence electrons. The molecular weight excluding hydrogens is 222 g/mol. The Labute approximate surface area is 98.2 Å². The van der Waals surface area contributed by atoms with E-state index in [4.69, 9.17) is 0 Å². The van der Waals surface area contributed by atoms with Crippen LogP contribution in [-0.2, 0) is 13.1 Å². The summed E-state index contributed by atoms with van der Waals surface area (Å²) >= 11 is 1.61. The third-order valence-corrected chi connectivity index (χ3v) is 3.20. The third-order valence-electron chi connectivity index (χ3n) is 2.38. The molecule has 0 saturated carbocycles. The molecule has 0 spiro atoms. The first-order valence-electron chi connectivity index (χ1n) is 5.37. The summed E-state index contributed by atoms with van der Waals surface area (Å²) in [7, 11) is 0. The second kappa shape index (κ2) is 4.65. The Morgan fingerprint density at radius 3 is 2.75 bits per heavy atom. The molecule has 0 bridgehead atoms. The number of hydrogen-bond donors (Lipinski definition) is 0. The molecule has 0 amide bonds. The minimum atomic E-state index is 0.0486. The van der Waals surface area contributed by atoms with E-state index < -0.39 is 0 Å². The van der Waals surface area contributed by atoms with Gasteiger partial charge in [-0.05, 0) is 13.3 Å². The van der Waals surface area contributed by atoms with Gasteiger partial charge in [-0.25, -0.2) is 9.78 Å². The Morgan fingerprint density at radius 1 is 1.38 bits per heavy atom. The van der Waals surface area contributed by atoms with Gasteiger partial charge in [0.05, 0.1) is 17.2 Å². The molecule has 4 nitrogen and oxygen atoms in total. The van der Waals surface area contributed by atoms with Crippen LogP contribution in [0.25, 0.3) is 0 Å². The number of hydrogen-bond acceptors (Lipinski definition) is 3. The summed E-state index contributed by atoms with van der Waals surface area (Å²) in [6, 6.07) is 0. The lowest BCUT2D eigenvalue weighted by atomic mass is 10.5. The van der Waals surface area contributed by atoms with Crippen LogP contribution in [0.2, 0.25) is 0 Å². The zero-order valence-corrected chi connectivity index (χ0v) is 10.3. The van der Waals surface area contributed by atoms with E-state index in [0.717, 1.165) is 23.7 Å². The Morgan fingerprint density at radius 2 is 2.12 bits per heavy atom. The van der Waals surface area contributed by atoms with E-state index in [-0.39, 0.29) is 5.69 Å². The van der Waals surface area contributed by atoms with Crippen molar-refractivity contribution in [2.24, 2.45) is 0 Å². The second-order valence-electron chi connectivity index (χ2n) is 3.76. The first kappa shape index (κ1) is 11.1. The van der Waals surface area contributed by atoms with Crippen LogP contribution in [0.15, 0.2) is 22.6 Å². The van der Waals surface area contributed by atoms with E-state index in [1.807, 2.05) is 24.7 Å². The van der Waals surface area contributed by atoms with E-state index >= 15 is 0 Å². The van der Waals surface area contributed by atoms with Gasteiger partial charge in [0.15, 0.2) is 0 Å². The molecule has 0 aliphatic carbocycles. The summed E-state index contributed by atoms with van der Waals surface area (Å²) in [4.78, 5) is 16.2. The Balaban J connectivity index is 2.19. The lowest BCUT2D eigenvalue weighted by Crippen LogP contribution is -2.24. The molecule has 2 aromatic heterocycles. The van der Waals surface area contributed by atoms with Crippen molar-refractivity contribution in [1.82, 2.24) is 14.1 Å². The largest absolute Gasteiger partial charge is 0.328 e. The van der Waals surface area contributed by atoms with Crippen molar-refractivity contribution in [3.63, 3.8) is 0 Å². The SMILES string of the molecule is CCCn1ccn(Cc2csc(C)n2)c1=O. The van der Waals surface area contributed by atoms with Crippen LogP contribution in [0.5, 0.6) is 0 Å². The van der Waals surface area contributed by atoms with Gasteiger partial charge in [-0.1, -0.05) is 6.92 Å². The molecule has 0 fully saturated rings. The molecule has 2 rings (SSSR count). The zero-order chi connectivity index (χ0) is 11.5. The molecule has 0 saturated heterocycles. The van der Waals surface area contributed by atoms with Crippen molar-refractivity contribution >= 4 is 11.3 Å². The molecule has 0 radical (unpaired) electrons. The van der Waals surface area contributed by atoms with Crippen LogP contribution in [0, 0.1) is 6.92 Å². The van der Waals surface area contributed by atoms with Gasteiger partial charge in [0.2, 0.25) is 0 Å². The maximum absolute atomic E-state index is 11.9. The molecule has 0 aliphatic rings. The number of thiazole rings is 1. The van der Waals surface area contributed by atoms with E-state index in [1.165, 1.54) is 0 Å². The predicted molar refractivity (Wildman–Crippen MR) is 64.9 cm³/mol. The molecule has 16 heavy (non-hydrogen) atoms. The van der Waals surface area contributed by atoms with Crippen molar-refractivity contribution in [2.75, 3.05) is 0 Å². The van der Waals surface area contributed by atoms with E-state index in [0.29, 0.717) is 6.54 Å². The lowest BCUT2D eigenvalue weighted by Gasteiger charge is -1.98. The number of nitrogens with zero attached hydrogens (tertiary/aromatic N) is 3. The highest BCUT2D eigenvalue weighted by molar-refractivity contribution is 7.09. The molecule has 0 atom stereocenters. The standard InChI is InChI=1S/C11H15N3OS/c1-3-4-13-5-6-14(11(13)15)7-10-8-16-9(2)12-10/h5-6,8H,3-4,7H2,1-2H3. The summed E-state index contributed by atoms with van der Waals surface area (Å²) in [5, 5.41) is 3.04. The number of rotatable bonds is 4. The quantitative estimate of drug-likeness (QED) is 0.814. The molecule has 0 aliphatic heterocycles. The fraction of sp³-hybridized carbons (Fsp3) is 0.455. The Kier molecular flexibility index (Phi) is 3.24. The lowest BCUT2D eigenvalue weighted by molar-refractivity contribution is 0.621. The topological polar surface area (TPSA) is 39.8 Å². The highest BCUT2D eigenvalue weighted by atomic mass is 32.1. The summed E-state index contributed by atoms with van der Waals surface area (Å²) in [5.41, 5.74) is 1.01. The van der Waals surface area contributed by atoms with Crippen molar-refractivity contribution < 1.29 is 0 Å². The van der Waals surface area contributed by atoms with Gasteiger partial charge in [-0.2, -0.15) is 0 Å². The molecule has 5 heteroatoms. The second-order valence-corrected chi connectivity index (χ2v) is 4.82. The van der Waals surface area contributed by atoms with Crippen LogP contribution < -0.4 is 5.69 Å². The highest BCUT2D eigenvalue weighted by Gasteiger charge is 2.05. The number of aromatic nitrogens is 3. The third kappa shape index (κ3) is 2.24. The summed E-state index contributed by atoms with van der Waals surface area (Å²) in [6.07, 6.45) is 4.64. The van der Waals surface area contributed by atoms with Gasteiger partial charge < -0.3 is 0 Å². The summed E-state index contributed by atoms with van der Waals surface area (Å²) in [6.45, 7) is 5.38. The molecule has 0 N–H and O–H groups in total. The van der Waals surface area contributed by atoms with Crippen LogP contribution >= 0.6 is 11.3 Å². The fourth-order valence-electron chi connectivity index (χ4n) is 1.64. The van der Waals surface area contributed by atoms with Crippen LogP contribution in [-0.4, -0.2) is 14.1 Å².